The SMILES string of the molecule is COc1cc(C(=O)N(C)CC(=O)Nc2cc(C)ccc2C)cc(Cl)c1OC. The number of hydrogen-bond donors (Lipinski definition) is 1. The number of aryl methyl sites for hydroxylation is 2. The van der Waals surface area contributed by atoms with Gasteiger partial charge in [-0.05, 0) is 43.2 Å². The molecule has 0 bridgehead atoms. The van der Waals surface area contributed by atoms with Gasteiger partial charge in [-0.25, -0.2) is 0 Å². The molecule has 0 aliphatic rings. The van der Waals surface area contributed by atoms with Gasteiger partial charge in [0.25, 0.3) is 5.91 Å². The summed E-state index contributed by atoms with van der Waals surface area (Å²) < 4.78 is 10.4. The van der Waals surface area contributed by atoms with Crippen molar-refractivity contribution in [1.29, 1.82) is 0 Å². The predicted molar refractivity (Wildman–Crippen MR) is 106 cm³/mol. The van der Waals surface area contributed by atoms with Crippen LogP contribution >= 0.6 is 11.6 Å². The largest absolute Gasteiger partial charge is 0.493 e. The molecule has 0 aromatic heterocycles. The van der Waals surface area contributed by atoms with Gasteiger partial charge in [-0.2, -0.15) is 0 Å². The standard InChI is InChI=1S/C20H23ClN2O4/c1-12-6-7-13(2)16(8-12)22-18(24)11-23(3)20(25)14-9-15(21)19(27-5)17(10-14)26-4/h6-10H,11H2,1-5H3,(H,22,24). The highest BCUT2D eigenvalue weighted by Crippen LogP contribution is 2.36. The quantitative estimate of drug-likeness (QED) is 0.816. The molecule has 0 aliphatic heterocycles. The number of amides is 2. The lowest BCUT2D eigenvalue weighted by Crippen LogP contribution is -2.35. The maximum Gasteiger partial charge on any atom is 0.254 e. The Kier molecular flexibility index (Phi) is 6.69. The van der Waals surface area contributed by atoms with Gasteiger partial charge in [0.15, 0.2) is 11.5 Å². The van der Waals surface area contributed by atoms with Crippen molar-refractivity contribution in [3.8, 4) is 11.5 Å². The number of hydrogen-bond acceptors (Lipinski definition) is 4. The number of carbonyl (C=O) groups excluding carboxylic acids is 2. The monoisotopic (exact) mass is 390 g/mol. The number of benzene rings is 2. The molecule has 0 aliphatic carbocycles. The van der Waals surface area contributed by atoms with Crippen molar-refractivity contribution in [1.82, 2.24) is 4.90 Å². The molecular weight excluding hydrogens is 368 g/mol. The molecule has 0 fully saturated rings. The molecule has 1 N–H and O–H groups in total. The fourth-order valence-corrected chi connectivity index (χ4v) is 2.90. The second-order valence-corrected chi connectivity index (χ2v) is 6.63. The van der Waals surface area contributed by atoms with Crippen molar-refractivity contribution in [2.45, 2.75) is 13.8 Å². The van der Waals surface area contributed by atoms with E-state index in [2.05, 4.69) is 5.32 Å². The summed E-state index contributed by atoms with van der Waals surface area (Å²) in [5.41, 5.74) is 3.03. The first kappa shape index (κ1) is 20.6. The van der Waals surface area contributed by atoms with Crippen molar-refractivity contribution in [3.05, 3.63) is 52.0 Å². The highest BCUT2D eigenvalue weighted by molar-refractivity contribution is 6.32. The lowest BCUT2D eigenvalue weighted by atomic mass is 10.1. The molecule has 0 unspecified atom stereocenters. The summed E-state index contributed by atoms with van der Waals surface area (Å²) >= 11 is 6.15. The Morgan fingerprint density at radius 3 is 2.44 bits per heavy atom. The van der Waals surface area contributed by atoms with Gasteiger partial charge < -0.3 is 19.7 Å². The third-order valence-electron chi connectivity index (χ3n) is 4.08. The van der Waals surface area contributed by atoms with E-state index in [-0.39, 0.29) is 23.4 Å². The summed E-state index contributed by atoms with van der Waals surface area (Å²) in [6.45, 7) is 3.76. The van der Waals surface area contributed by atoms with Crippen LogP contribution in [0.15, 0.2) is 30.3 Å². The van der Waals surface area contributed by atoms with E-state index in [9.17, 15) is 9.59 Å². The predicted octanol–water partition coefficient (Wildman–Crippen LogP) is 3.68. The van der Waals surface area contributed by atoms with Gasteiger partial charge in [0.05, 0.1) is 25.8 Å². The van der Waals surface area contributed by atoms with Crippen LogP contribution in [0.4, 0.5) is 5.69 Å². The van der Waals surface area contributed by atoms with Crippen LogP contribution in [0, 0.1) is 13.8 Å². The van der Waals surface area contributed by atoms with Crippen LogP contribution in [0.25, 0.3) is 0 Å². The Morgan fingerprint density at radius 2 is 1.81 bits per heavy atom. The van der Waals surface area contributed by atoms with Gasteiger partial charge in [-0.15, -0.1) is 0 Å². The summed E-state index contributed by atoms with van der Waals surface area (Å²) in [4.78, 5) is 26.3. The van der Waals surface area contributed by atoms with Gasteiger partial charge in [-0.1, -0.05) is 23.7 Å². The second-order valence-electron chi connectivity index (χ2n) is 6.22. The number of rotatable bonds is 6. The van der Waals surface area contributed by atoms with Crippen LogP contribution in [-0.4, -0.2) is 44.5 Å². The Labute approximate surface area is 164 Å². The molecule has 2 amide bonds. The minimum Gasteiger partial charge on any atom is -0.493 e. The number of ether oxygens (including phenoxy) is 2. The number of carbonyl (C=O) groups is 2. The summed E-state index contributed by atoms with van der Waals surface area (Å²) in [5.74, 6) is 0.0627. The lowest BCUT2D eigenvalue weighted by Gasteiger charge is -2.19. The smallest absolute Gasteiger partial charge is 0.254 e. The Hall–Kier alpha value is -2.73. The van der Waals surface area contributed by atoms with E-state index >= 15 is 0 Å². The minimum atomic E-state index is -0.353. The van der Waals surface area contributed by atoms with Crippen LogP contribution < -0.4 is 14.8 Å². The molecule has 0 spiro atoms. The van der Waals surface area contributed by atoms with Gasteiger partial charge >= 0.3 is 0 Å². The van der Waals surface area contributed by atoms with E-state index in [4.69, 9.17) is 21.1 Å². The Bertz CT molecular complexity index is 867. The number of halogens is 1. The van der Waals surface area contributed by atoms with Crippen molar-refractivity contribution in [3.63, 3.8) is 0 Å². The van der Waals surface area contributed by atoms with E-state index in [1.807, 2.05) is 32.0 Å². The van der Waals surface area contributed by atoms with E-state index in [1.165, 1.54) is 31.3 Å². The van der Waals surface area contributed by atoms with Gasteiger partial charge in [0.1, 0.15) is 0 Å². The van der Waals surface area contributed by atoms with Crippen LogP contribution in [0.5, 0.6) is 11.5 Å². The maximum absolute atomic E-state index is 12.7. The third kappa shape index (κ3) is 4.92. The molecular formula is C20H23ClN2O4. The first-order valence-electron chi connectivity index (χ1n) is 8.31. The zero-order valence-electron chi connectivity index (χ0n) is 16.1. The minimum absolute atomic E-state index is 0.0990. The number of methoxy groups -OCH3 is 2. The van der Waals surface area contributed by atoms with Gasteiger partial charge in [-0.3, -0.25) is 9.59 Å². The Morgan fingerprint density at radius 1 is 1.11 bits per heavy atom. The summed E-state index contributed by atoms with van der Waals surface area (Å²) in [5, 5.41) is 3.09. The topological polar surface area (TPSA) is 67.9 Å². The van der Waals surface area contributed by atoms with Gasteiger partial charge in [0, 0.05) is 18.3 Å². The van der Waals surface area contributed by atoms with E-state index in [1.54, 1.807) is 7.05 Å². The van der Waals surface area contributed by atoms with E-state index < -0.39 is 0 Å². The molecule has 2 aromatic rings. The number of anilines is 1. The lowest BCUT2D eigenvalue weighted by molar-refractivity contribution is -0.116. The van der Waals surface area contributed by atoms with Crippen LogP contribution in [-0.2, 0) is 4.79 Å². The molecule has 144 valence electrons. The van der Waals surface area contributed by atoms with Crippen molar-refractivity contribution in [2.24, 2.45) is 0 Å². The van der Waals surface area contributed by atoms with Crippen molar-refractivity contribution in [2.75, 3.05) is 33.1 Å². The van der Waals surface area contributed by atoms with Crippen molar-refractivity contribution >= 4 is 29.1 Å². The first-order valence-corrected chi connectivity index (χ1v) is 8.68. The fraction of sp³-hybridized carbons (Fsp3) is 0.300. The molecule has 0 radical (unpaired) electrons. The summed E-state index contributed by atoms with van der Waals surface area (Å²) in [6.07, 6.45) is 0. The average Bonchev–Trinajstić information content (AvgIpc) is 2.63. The molecule has 27 heavy (non-hydrogen) atoms. The average molecular weight is 391 g/mol. The van der Waals surface area contributed by atoms with E-state index in [0.29, 0.717) is 17.1 Å². The second kappa shape index (κ2) is 8.77. The highest BCUT2D eigenvalue weighted by atomic mass is 35.5. The molecule has 7 heteroatoms. The number of nitrogens with zero attached hydrogens (tertiary/aromatic N) is 1. The molecule has 6 nitrogen and oxygen atoms in total. The van der Waals surface area contributed by atoms with Crippen LogP contribution in [0.2, 0.25) is 5.02 Å². The number of nitrogens with one attached hydrogen (secondary N) is 1. The fourth-order valence-electron chi connectivity index (χ4n) is 2.61. The summed E-state index contributed by atoms with van der Waals surface area (Å²) in [6, 6.07) is 8.83. The molecule has 0 heterocycles. The molecule has 2 rings (SSSR count). The normalized spacial score (nSPS) is 10.3. The van der Waals surface area contributed by atoms with Gasteiger partial charge in [0.2, 0.25) is 5.91 Å². The molecule has 0 saturated carbocycles. The number of likely N-dealkylation sites (N-methyl/N-ethyl adjacent to an activating group) is 1. The van der Waals surface area contributed by atoms with Crippen LogP contribution in [0.1, 0.15) is 21.5 Å². The third-order valence-corrected chi connectivity index (χ3v) is 4.36. The van der Waals surface area contributed by atoms with E-state index in [0.717, 1.165) is 16.8 Å². The maximum atomic E-state index is 12.7. The Balaban J connectivity index is 2.12. The van der Waals surface area contributed by atoms with Crippen molar-refractivity contribution < 1.29 is 19.1 Å². The zero-order chi connectivity index (χ0) is 20.1. The zero-order valence-corrected chi connectivity index (χ0v) is 16.8. The summed E-state index contributed by atoms with van der Waals surface area (Å²) in [7, 11) is 4.48. The molecule has 2 aromatic carbocycles. The van der Waals surface area contributed by atoms with Crippen LogP contribution in [0.3, 0.4) is 0 Å². The molecule has 0 saturated heterocycles. The highest BCUT2D eigenvalue weighted by Gasteiger charge is 2.19. The first-order chi connectivity index (χ1) is 12.8. The molecule has 0 atom stereocenters.